The Morgan fingerprint density at radius 3 is 2.45 bits per heavy atom. The molecule has 3 nitrogen and oxygen atoms in total. The van der Waals surface area contributed by atoms with Gasteiger partial charge in [0.25, 0.3) is 0 Å². The van der Waals surface area contributed by atoms with Crippen molar-refractivity contribution < 1.29 is 0 Å². The molecule has 0 aliphatic carbocycles. The average Bonchev–Trinajstić information content (AvgIpc) is 2.73. The molecule has 2 aromatic heterocycles. The van der Waals surface area contributed by atoms with Crippen molar-refractivity contribution in [2.24, 2.45) is 5.41 Å². The molecule has 2 rings (SSSR count). The fourth-order valence-electron chi connectivity index (χ4n) is 3.09. The molecule has 2 heterocycles. The van der Waals surface area contributed by atoms with E-state index in [1.54, 1.807) is 11.3 Å². The maximum Gasteiger partial charge on any atom is 0.194 e. The summed E-state index contributed by atoms with van der Waals surface area (Å²) in [5, 5.41) is 5.88. The number of hydrogen-bond donors (Lipinski definition) is 1. The molecular formula is C16H27N3S. The van der Waals surface area contributed by atoms with Crippen molar-refractivity contribution in [2.75, 3.05) is 0 Å². The highest BCUT2D eigenvalue weighted by Gasteiger charge is 2.25. The van der Waals surface area contributed by atoms with Gasteiger partial charge in [0.1, 0.15) is 0 Å². The van der Waals surface area contributed by atoms with Crippen LogP contribution in [0.3, 0.4) is 0 Å². The zero-order valence-corrected chi connectivity index (χ0v) is 14.6. The number of nitrogens with one attached hydrogen (secondary N) is 1. The lowest BCUT2D eigenvalue weighted by Gasteiger charge is -2.33. The molecule has 0 fully saturated rings. The Labute approximate surface area is 126 Å². The quantitative estimate of drug-likeness (QED) is 0.910. The van der Waals surface area contributed by atoms with Gasteiger partial charge in [-0.15, -0.1) is 11.3 Å². The third kappa shape index (κ3) is 3.41. The second-order valence-corrected chi connectivity index (χ2v) is 8.45. The highest BCUT2D eigenvalue weighted by Crippen LogP contribution is 2.27. The zero-order valence-electron chi connectivity index (χ0n) is 13.8. The van der Waals surface area contributed by atoms with E-state index in [4.69, 9.17) is 0 Å². The number of imidazole rings is 1. The van der Waals surface area contributed by atoms with Gasteiger partial charge in [-0.25, -0.2) is 4.98 Å². The fourth-order valence-corrected chi connectivity index (χ4v) is 4.02. The molecule has 0 aliphatic rings. The molecule has 20 heavy (non-hydrogen) atoms. The maximum absolute atomic E-state index is 4.65. The monoisotopic (exact) mass is 293 g/mol. The normalized spacial score (nSPS) is 13.3. The third-order valence-corrected chi connectivity index (χ3v) is 4.48. The van der Waals surface area contributed by atoms with Crippen LogP contribution in [-0.2, 0) is 6.54 Å². The number of hydrogen-bond acceptors (Lipinski definition) is 3. The standard InChI is InChI=1S/C16H27N3S/c1-11-9-20-14-18-12(2)13(19(11)14)8-17-16(6,7)10-15(3,4)5/h9,17H,8,10H2,1-7H3. The van der Waals surface area contributed by atoms with Crippen LogP contribution in [0.15, 0.2) is 5.38 Å². The molecule has 0 aromatic carbocycles. The summed E-state index contributed by atoms with van der Waals surface area (Å²) in [4.78, 5) is 5.75. The molecule has 0 bridgehead atoms. The molecule has 4 heteroatoms. The summed E-state index contributed by atoms with van der Waals surface area (Å²) in [6.45, 7) is 16.6. The van der Waals surface area contributed by atoms with Gasteiger partial charge in [-0.3, -0.25) is 4.40 Å². The predicted molar refractivity (Wildman–Crippen MR) is 87.5 cm³/mol. The smallest absolute Gasteiger partial charge is 0.194 e. The Kier molecular flexibility index (Phi) is 4.00. The average molecular weight is 293 g/mol. The van der Waals surface area contributed by atoms with Gasteiger partial charge in [0, 0.05) is 23.2 Å². The van der Waals surface area contributed by atoms with E-state index in [-0.39, 0.29) is 5.54 Å². The van der Waals surface area contributed by atoms with E-state index in [0.717, 1.165) is 23.6 Å². The van der Waals surface area contributed by atoms with Crippen LogP contribution in [-0.4, -0.2) is 14.9 Å². The largest absolute Gasteiger partial charge is 0.306 e. The van der Waals surface area contributed by atoms with Crippen LogP contribution in [0.25, 0.3) is 4.96 Å². The lowest BCUT2D eigenvalue weighted by molar-refractivity contribution is 0.240. The van der Waals surface area contributed by atoms with Gasteiger partial charge in [0.15, 0.2) is 4.96 Å². The SMILES string of the molecule is Cc1nc2scc(C)n2c1CNC(C)(C)CC(C)(C)C. The molecule has 0 spiro atoms. The van der Waals surface area contributed by atoms with Gasteiger partial charge < -0.3 is 5.32 Å². The first-order valence-corrected chi connectivity index (χ1v) is 8.14. The van der Waals surface area contributed by atoms with E-state index in [2.05, 4.69) is 68.5 Å². The van der Waals surface area contributed by atoms with E-state index in [9.17, 15) is 0 Å². The van der Waals surface area contributed by atoms with Crippen LogP contribution in [0, 0.1) is 19.3 Å². The van der Waals surface area contributed by atoms with Crippen LogP contribution in [0.1, 0.15) is 58.1 Å². The molecule has 1 N–H and O–H groups in total. The summed E-state index contributed by atoms with van der Waals surface area (Å²) < 4.78 is 2.28. The highest BCUT2D eigenvalue weighted by molar-refractivity contribution is 7.15. The molecule has 0 unspecified atom stereocenters. The van der Waals surface area contributed by atoms with Crippen molar-refractivity contribution in [2.45, 2.75) is 67.0 Å². The molecule has 0 saturated carbocycles. The first-order valence-electron chi connectivity index (χ1n) is 7.26. The third-order valence-electron chi connectivity index (χ3n) is 3.54. The fraction of sp³-hybridized carbons (Fsp3) is 0.688. The maximum atomic E-state index is 4.65. The summed E-state index contributed by atoms with van der Waals surface area (Å²) in [6, 6.07) is 0. The Morgan fingerprint density at radius 1 is 1.20 bits per heavy atom. The summed E-state index contributed by atoms with van der Waals surface area (Å²) in [6.07, 6.45) is 1.14. The molecule has 0 radical (unpaired) electrons. The van der Waals surface area contributed by atoms with E-state index in [0.29, 0.717) is 5.41 Å². The topological polar surface area (TPSA) is 29.3 Å². The van der Waals surface area contributed by atoms with Crippen molar-refractivity contribution in [3.05, 3.63) is 22.5 Å². The minimum atomic E-state index is 0.124. The second kappa shape index (κ2) is 5.15. The molecule has 0 atom stereocenters. The number of fused-ring (bicyclic) bond motifs is 1. The van der Waals surface area contributed by atoms with Gasteiger partial charge in [-0.2, -0.15) is 0 Å². The van der Waals surface area contributed by atoms with E-state index in [1.807, 2.05) is 0 Å². The Hall–Kier alpha value is -0.870. The number of rotatable bonds is 4. The van der Waals surface area contributed by atoms with Gasteiger partial charge in [-0.05, 0) is 39.5 Å². The molecule has 2 aromatic rings. The molecule has 0 saturated heterocycles. The minimum absolute atomic E-state index is 0.124. The first kappa shape index (κ1) is 15.5. The minimum Gasteiger partial charge on any atom is -0.306 e. The summed E-state index contributed by atoms with van der Waals surface area (Å²) in [5.41, 5.74) is 4.16. The highest BCUT2D eigenvalue weighted by atomic mass is 32.1. The van der Waals surface area contributed by atoms with Crippen molar-refractivity contribution in [3.8, 4) is 0 Å². The van der Waals surface area contributed by atoms with Crippen molar-refractivity contribution in [1.29, 1.82) is 0 Å². The zero-order chi connectivity index (χ0) is 15.1. The molecular weight excluding hydrogens is 266 g/mol. The van der Waals surface area contributed by atoms with E-state index < -0.39 is 0 Å². The number of aromatic nitrogens is 2. The summed E-state index contributed by atoms with van der Waals surface area (Å²) in [7, 11) is 0. The Morgan fingerprint density at radius 2 is 1.85 bits per heavy atom. The molecule has 0 amide bonds. The predicted octanol–water partition coefficient (Wildman–Crippen LogP) is 4.32. The first-order chi connectivity index (χ1) is 9.09. The Bertz CT molecular complexity index is 599. The van der Waals surface area contributed by atoms with Crippen LogP contribution >= 0.6 is 11.3 Å². The summed E-state index contributed by atoms with van der Waals surface area (Å²) in [5.74, 6) is 0. The van der Waals surface area contributed by atoms with Gasteiger partial charge in [0.2, 0.25) is 0 Å². The van der Waals surface area contributed by atoms with Gasteiger partial charge in [0.05, 0.1) is 11.4 Å². The number of nitrogens with zero attached hydrogens (tertiary/aromatic N) is 2. The van der Waals surface area contributed by atoms with Crippen LogP contribution < -0.4 is 5.32 Å². The van der Waals surface area contributed by atoms with Gasteiger partial charge in [-0.1, -0.05) is 20.8 Å². The van der Waals surface area contributed by atoms with E-state index >= 15 is 0 Å². The Balaban J connectivity index is 2.17. The van der Waals surface area contributed by atoms with Crippen molar-refractivity contribution in [1.82, 2.24) is 14.7 Å². The van der Waals surface area contributed by atoms with Crippen molar-refractivity contribution in [3.63, 3.8) is 0 Å². The van der Waals surface area contributed by atoms with Crippen LogP contribution in [0.5, 0.6) is 0 Å². The van der Waals surface area contributed by atoms with Gasteiger partial charge >= 0.3 is 0 Å². The molecule has 0 aliphatic heterocycles. The lowest BCUT2D eigenvalue weighted by Crippen LogP contribution is -2.42. The van der Waals surface area contributed by atoms with Crippen molar-refractivity contribution >= 4 is 16.3 Å². The second-order valence-electron chi connectivity index (χ2n) is 7.61. The number of thiazole rings is 1. The van der Waals surface area contributed by atoms with Crippen LogP contribution in [0.4, 0.5) is 0 Å². The number of aryl methyl sites for hydroxylation is 2. The summed E-state index contributed by atoms with van der Waals surface area (Å²) >= 11 is 1.72. The lowest BCUT2D eigenvalue weighted by atomic mass is 9.82. The molecule has 112 valence electrons. The van der Waals surface area contributed by atoms with E-state index in [1.165, 1.54) is 11.4 Å². The van der Waals surface area contributed by atoms with Crippen LogP contribution in [0.2, 0.25) is 0 Å².